The van der Waals surface area contributed by atoms with Gasteiger partial charge in [0, 0.05) is 11.6 Å². The van der Waals surface area contributed by atoms with Gasteiger partial charge >= 0.3 is 0 Å². The molecule has 1 rings (SSSR count). The van der Waals surface area contributed by atoms with E-state index in [-0.39, 0.29) is 23.8 Å². The van der Waals surface area contributed by atoms with Gasteiger partial charge in [-0.05, 0) is 37.3 Å². The van der Waals surface area contributed by atoms with Crippen molar-refractivity contribution < 1.29 is 9.59 Å². The van der Waals surface area contributed by atoms with Crippen LogP contribution in [0, 0.1) is 18.8 Å². The minimum Gasteiger partial charge on any atom is -0.352 e. The zero-order chi connectivity index (χ0) is 16.9. The molecule has 0 heterocycles. The van der Waals surface area contributed by atoms with E-state index < -0.39 is 6.04 Å². The summed E-state index contributed by atoms with van der Waals surface area (Å²) in [7, 11) is 0. The van der Waals surface area contributed by atoms with E-state index in [4.69, 9.17) is 0 Å². The van der Waals surface area contributed by atoms with Crippen molar-refractivity contribution in [1.29, 1.82) is 0 Å². The van der Waals surface area contributed by atoms with Gasteiger partial charge in [0.05, 0.1) is 0 Å². The summed E-state index contributed by atoms with van der Waals surface area (Å²) in [5.41, 5.74) is 1.51. The summed E-state index contributed by atoms with van der Waals surface area (Å²) in [6.07, 6.45) is 0. The van der Waals surface area contributed by atoms with E-state index in [1.807, 2.05) is 45.9 Å². The normalized spacial score (nSPS) is 13.8. The molecule has 0 saturated carbocycles. The second-order valence-electron chi connectivity index (χ2n) is 6.55. The molecule has 4 heteroatoms. The molecule has 2 atom stereocenters. The molecule has 22 heavy (non-hydrogen) atoms. The number of rotatable bonds is 6. The summed E-state index contributed by atoms with van der Waals surface area (Å²) < 4.78 is 0. The second-order valence-corrected chi connectivity index (χ2v) is 6.55. The van der Waals surface area contributed by atoms with Gasteiger partial charge in [-0.25, -0.2) is 0 Å². The number of carbonyl (C=O) groups is 2. The zero-order valence-corrected chi connectivity index (χ0v) is 14.4. The van der Waals surface area contributed by atoms with Gasteiger partial charge in [0.15, 0.2) is 0 Å². The van der Waals surface area contributed by atoms with Crippen LogP contribution < -0.4 is 10.6 Å². The van der Waals surface area contributed by atoms with Gasteiger partial charge in [-0.2, -0.15) is 0 Å². The third-order valence-corrected chi connectivity index (χ3v) is 4.00. The van der Waals surface area contributed by atoms with Gasteiger partial charge in [0.2, 0.25) is 5.91 Å². The SMILES string of the molecule is Cc1ccccc1C(=O)NC(C(=O)NC(C)C(C)C)C(C)C. The molecule has 0 saturated heterocycles. The molecular formula is C18H28N2O2. The molecule has 0 radical (unpaired) electrons. The molecule has 122 valence electrons. The fraction of sp³-hybridized carbons (Fsp3) is 0.556. The van der Waals surface area contributed by atoms with E-state index in [0.29, 0.717) is 11.5 Å². The summed E-state index contributed by atoms with van der Waals surface area (Å²) in [5, 5.41) is 5.85. The Labute approximate surface area is 133 Å². The molecule has 2 unspecified atom stereocenters. The maximum absolute atomic E-state index is 12.4. The average molecular weight is 304 g/mol. The summed E-state index contributed by atoms with van der Waals surface area (Å²) >= 11 is 0. The highest BCUT2D eigenvalue weighted by molar-refractivity contribution is 5.98. The van der Waals surface area contributed by atoms with Crippen molar-refractivity contribution in [3.05, 3.63) is 35.4 Å². The maximum atomic E-state index is 12.4. The third-order valence-electron chi connectivity index (χ3n) is 4.00. The number of hydrogen-bond donors (Lipinski definition) is 2. The van der Waals surface area contributed by atoms with Crippen molar-refractivity contribution in [3.63, 3.8) is 0 Å². The van der Waals surface area contributed by atoms with Crippen LogP contribution in [-0.4, -0.2) is 23.9 Å². The lowest BCUT2D eigenvalue weighted by atomic mass is 10.00. The van der Waals surface area contributed by atoms with Crippen LogP contribution in [0.3, 0.4) is 0 Å². The lowest BCUT2D eigenvalue weighted by Crippen LogP contribution is -2.52. The monoisotopic (exact) mass is 304 g/mol. The first-order chi connectivity index (χ1) is 10.2. The highest BCUT2D eigenvalue weighted by atomic mass is 16.2. The topological polar surface area (TPSA) is 58.2 Å². The molecule has 1 aromatic rings. The Morgan fingerprint density at radius 1 is 0.909 bits per heavy atom. The fourth-order valence-corrected chi connectivity index (χ4v) is 2.06. The minimum atomic E-state index is -0.534. The van der Waals surface area contributed by atoms with Crippen LogP contribution in [0.4, 0.5) is 0 Å². The standard InChI is InChI=1S/C18H28N2O2/c1-11(2)14(6)19-18(22)16(12(3)4)20-17(21)15-10-8-7-9-13(15)5/h7-12,14,16H,1-6H3,(H,19,22)(H,20,21). The number of carbonyl (C=O) groups excluding carboxylic acids is 2. The molecular weight excluding hydrogens is 276 g/mol. The Bertz CT molecular complexity index is 524. The third kappa shape index (κ3) is 4.86. The van der Waals surface area contributed by atoms with Crippen molar-refractivity contribution in [2.24, 2.45) is 11.8 Å². The van der Waals surface area contributed by atoms with E-state index in [1.165, 1.54) is 0 Å². The van der Waals surface area contributed by atoms with Crippen molar-refractivity contribution >= 4 is 11.8 Å². The van der Waals surface area contributed by atoms with Crippen LogP contribution in [0.25, 0.3) is 0 Å². The summed E-state index contributed by atoms with van der Waals surface area (Å²) in [6, 6.07) is 6.92. The fourth-order valence-electron chi connectivity index (χ4n) is 2.06. The minimum absolute atomic E-state index is 0.0207. The molecule has 1 aromatic carbocycles. The number of aryl methyl sites for hydroxylation is 1. The molecule has 0 bridgehead atoms. The van der Waals surface area contributed by atoms with Crippen molar-refractivity contribution in [3.8, 4) is 0 Å². The van der Waals surface area contributed by atoms with Crippen LogP contribution in [0.1, 0.15) is 50.5 Å². The largest absolute Gasteiger partial charge is 0.352 e. The molecule has 0 aliphatic carbocycles. The predicted octanol–water partition coefficient (Wildman–Crippen LogP) is 2.91. The second kappa shape index (κ2) is 7.97. The number of hydrogen-bond acceptors (Lipinski definition) is 2. The van der Waals surface area contributed by atoms with Crippen LogP contribution in [-0.2, 0) is 4.79 Å². The lowest BCUT2D eigenvalue weighted by Gasteiger charge is -2.25. The van der Waals surface area contributed by atoms with E-state index in [2.05, 4.69) is 24.5 Å². The van der Waals surface area contributed by atoms with Gasteiger partial charge in [-0.15, -0.1) is 0 Å². The summed E-state index contributed by atoms with van der Waals surface area (Å²) in [5.74, 6) is 0.0402. The smallest absolute Gasteiger partial charge is 0.252 e. The van der Waals surface area contributed by atoms with E-state index in [0.717, 1.165) is 5.56 Å². The maximum Gasteiger partial charge on any atom is 0.252 e. The average Bonchev–Trinajstić information content (AvgIpc) is 2.44. The zero-order valence-electron chi connectivity index (χ0n) is 14.4. The van der Waals surface area contributed by atoms with Gasteiger partial charge in [-0.3, -0.25) is 9.59 Å². The molecule has 4 nitrogen and oxygen atoms in total. The van der Waals surface area contributed by atoms with Crippen LogP contribution in [0.2, 0.25) is 0 Å². The first-order valence-corrected chi connectivity index (χ1v) is 7.91. The van der Waals surface area contributed by atoms with Crippen molar-refractivity contribution in [1.82, 2.24) is 10.6 Å². The molecule has 0 fully saturated rings. The number of nitrogens with one attached hydrogen (secondary N) is 2. The summed E-state index contributed by atoms with van der Waals surface area (Å²) in [4.78, 5) is 24.8. The van der Waals surface area contributed by atoms with Crippen LogP contribution >= 0.6 is 0 Å². The first-order valence-electron chi connectivity index (χ1n) is 7.91. The van der Waals surface area contributed by atoms with Gasteiger partial charge in [-0.1, -0.05) is 45.9 Å². The van der Waals surface area contributed by atoms with Crippen molar-refractivity contribution in [2.45, 2.75) is 53.6 Å². The Kier molecular flexibility index (Phi) is 6.60. The number of amides is 2. The van der Waals surface area contributed by atoms with E-state index >= 15 is 0 Å². The van der Waals surface area contributed by atoms with E-state index in [9.17, 15) is 9.59 Å². The highest BCUT2D eigenvalue weighted by Gasteiger charge is 2.26. The molecule has 2 N–H and O–H groups in total. The van der Waals surface area contributed by atoms with Crippen molar-refractivity contribution in [2.75, 3.05) is 0 Å². The Morgan fingerprint density at radius 3 is 2.00 bits per heavy atom. The highest BCUT2D eigenvalue weighted by Crippen LogP contribution is 2.10. The predicted molar refractivity (Wildman–Crippen MR) is 89.7 cm³/mol. The van der Waals surface area contributed by atoms with Crippen LogP contribution in [0.15, 0.2) is 24.3 Å². The lowest BCUT2D eigenvalue weighted by molar-refractivity contribution is -0.124. The Morgan fingerprint density at radius 2 is 1.50 bits per heavy atom. The first kappa shape index (κ1) is 18.2. The Hall–Kier alpha value is -1.84. The van der Waals surface area contributed by atoms with E-state index in [1.54, 1.807) is 6.07 Å². The summed E-state index contributed by atoms with van der Waals surface area (Å²) in [6.45, 7) is 11.8. The molecule has 0 aromatic heterocycles. The molecule has 0 spiro atoms. The van der Waals surface area contributed by atoms with Gasteiger partial charge < -0.3 is 10.6 Å². The van der Waals surface area contributed by atoms with Gasteiger partial charge in [0.1, 0.15) is 6.04 Å². The van der Waals surface area contributed by atoms with Gasteiger partial charge in [0.25, 0.3) is 5.91 Å². The molecule has 0 aliphatic rings. The Balaban J connectivity index is 2.82. The quantitative estimate of drug-likeness (QED) is 0.849. The van der Waals surface area contributed by atoms with Crippen LogP contribution in [0.5, 0.6) is 0 Å². The molecule has 0 aliphatic heterocycles. The molecule has 2 amide bonds. The number of benzene rings is 1.